The number of halogens is 5. The third kappa shape index (κ3) is 5.46. The molecule has 0 saturated carbocycles. The molecule has 0 radical (unpaired) electrons. The number of aromatic amines is 2. The van der Waals surface area contributed by atoms with E-state index in [1.165, 1.54) is 11.3 Å². The van der Waals surface area contributed by atoms with Gasteiger partial charge in [0.2, 0.25) is 0 Å². The van der Waals surface area contributed by atoms with Crippen molar-refractivity contribution in [2.75, 3.05) is 0 Å². The van der Waals surface area contributed by atoms with Crippen molar-refractivity contribution in [1.29, 1.82) is 0 Å². The minimum Gasteiger partial charge on any atom is -0.276 e. The zero-order chi connectivity index (χ0) is 24.3. The molecule has 4 aromatic rings. The van der Waals surface area contributed by atoms with Gasteiger partial charge in [0.15, 0.2) is 17.5 Å². The number of hydrogen-bond acceptors (Lipinski definition) is 6. The molecule has 0 spiro atoms. The molecule has 7 nitrogen and oxygen atoms in total. The molecule has 0 aliphatic rings. The van der Waals surface area contributed by atoms with Gasteiger partial charge in [0, 0.05) is 4.88 Å². The first-order chi connectivity index (χ1) is 16.2. The van der Waals surface area contributed by atoms with Crippen LogP contribution in [-0.2, 0) is 12.6 Å². The third-order valence-corrected chi connectivity index (χ3v) is 6.11. The molecule has 0 unspecified atom stereocenters. The molecule has 4 heterocycles. The largest absolute Gasteiger partial charge is 0.432 e. The fourth-order valence-electron chi connectivity index (χ4n) is 3.22. The smallest absolute Gasteiger partial charge is 0.276 e. The number of nitrogens with zero attached hydrogens (tertiary/aromatic N) is 5. The SMILES string of the molecule is CCCCCCc1ccc(-c2nc(-c3cc(C(F)F)[nH]n3)nc(-c3cc(C(F)(F)F)[nH]n3)n2)s1. The number of rotatable bonds is 9. The van der Waals surface area contributed by atoms with E-state index < -0.39 is 24.0 Å². The van der Waals surface area contributed by atoms with Crippen molar-refractivity contribution in [3.8, 4) is 33.7 Å². The van der Waals surface area contributed by atoms with Gasteiger partial charge in [-0.3, -0.25) is 10.2 Å². The summed E-state index contributed by atoms with van der Waals surface area (Å²) in [5.74, 6) is 0.00631. The van der Waals surface area contributed by atoms with Gasteiger partial charge in [0.05, 0.1) is 4.88 Å². The van der Waals surface area contributed by atoms with Crippen molar-refractivity contribution < 1.29 is 22.0 Å². The van der Waals surface area contributed by atoms with Gasteiger partial charge in [0.25, 0.3) is 6.43 Å². The Morgan fingerprint density at radius 3 is 2.18 bits per heavy atom. The highest BCUT2D eigenvalue weighted by molar-refractivity contribution is 7.15. The van der Waals surface area contributed by atoms with Gasteiger partial charge in [-0.05, 0) is 37.1 Å². The first-order valence-corrected chi connectivity index (χ1v) is 11.4. The van der Waals surface area contributed by atoms with E-state index in [9.17, 15) is 22.0 Å². The Balaban J connectivity index is 1.71. The number of thiophene rings is 1. The van der Waals surface area contributed by atoms with Crippen molar-refractivity contribution in [1.82, 2.24) is 35.3 Å². The highest BCUT2D eigenvalue weighted by atomic mass is 32.1. The van der Waals surface area contributed by atoms with Gasteiger partial charge in [-0.1, -0.05) is 26.2 Å². The summed E-state index contributed by atoms with van der Waals surface area (Å²) in [5, 5.41) is 11.6. The quantitative estimate of drug-likeness (QED) is 0.204. The second-order valence-electron chi connectivity index (χ2n) is 7.56. The molecule has 0 saturated heterocycles. The predicted molar refractivity (Wildman–Crippen MR) is 116 cm³/mol. The fourth-order valence-corrected chi connectivity index (χ4v) is 4.20. The summed E-state index contributed by atoms with van der Waals surface area (Å²) >= 11 is 1.46. The molecule has 2 N–H and O–H groups in total. The van der Waals surface area contributed by atoms with Crippen LogP contribution in [0.3, 0.4) is 0 Å². The van der Waals surface area contributed by atoms with Crippen molar-refractivity contribution >= 4 is 11.3 Å². The summed E-state index contributed by atoms with van der Waals surface area (Å²) in [6.07, 6.45) is -2.06. The Morgan fingerprint density at radius 1 is 0.882 bits per heavy atom. The molecule has 0 fully saturated rings. The molecule has 0 amide bonds. The Kier molecular flexibility index (Phi) is 7.00. The minimum atomic E-state index is -4.63. The van der Waals surface area contributed by atoms with E-state index in [-0.39, 0.29) is 28.9 Å². The van der Waals surface area contributed by atoms with Crippen molar-refractivity contribution in [3.05, 3.63) is 40.5 Å². The minimum absolute atomic E-state index is 0.0168. The van der Waals surface area contributed by atoms with Gasteiger partial charge in [-0.2, -0.15) is 23.4 Å². The van der Waals surface area contributed by atoms with E-state index >= 15 is 0 Å². The monoisotopic (exact) mass is 497 g/mol. The van der Waals surface area contributed by atoms with Gasteiger partial charge in [-0.15, -0.1) is 11.3 Å². The molecule has 34 heavy (non-hydrogen) atoms. The Morgan fingerprint density at radius 2 is 1.56 bits per heavy atom. The van der Waals surface area contributed by atoms with Crippen molar-refractivity contribution in [3.63, 3.8) is 0 Å². The Labute approximate surface area is 194 Å². The molecule has 13 heteroatoms. The number of aryl methyl sites for hydroxylation is 1. The number of alkyl halides is 5. The maximum atomic E-state index is 13.0. The Bertz CT molecular complexity index is 1240. The summed E-state index contributed by atoms with van der Waals surface area (Å²) in [7, 11) is 0. The first-order valence-electron chi connectivity index (χ1n) is 10.6. The lowest BCUT2D eigenvalue weighted by Gasteiger charge is -2.03. The lowest BCUT2D eigenvalue weighted by Crippen LogP contribution is -2.04. The molecule has 0 aliphatic heterocycles. The highest BCUT2D eigenvalue weighted by Crippen LogP contribution is 2.32. The van der Waals surface area contributed by atoms with E-state index in [0.29, 0.717) is 4.88 Å². The highest BCUT2D eigenvalue weighted by Gasteiger charge is 2.33. The van der Waals surface area contributed by atoms with E-state index in [2.05, 4.69) is 37.2 Å². The standard InChI is InChI=1S/C21H20F5N7S/c1-2-3-4-5-6-11-7-8-15(34-11)20-28-18(13-9-12(17(22)23)30-31-13)27-19(29-20)14-10-16(33-32-14)21(24,25)26/h7-10,17H,2-6H2,1H3,(H,30,31)(H,32,33). The summed E-state index contributed by atoms with van der Waals surface area (Å²) in [5.41, 5.74) is -1.62. The van der Waals surface area contributed by atoms with Gasteiger partial charge < -0.3 is 0 Å². The maximum Gasteiger partial charge on any atom is 0.432 e. The van der Waals surface area contributed by atoms with Gasteiger partial charge in [0.1, 0.15) is 22.8 Å². The van der Waals surface area contributed by atoms with E-state index in [4.69, 9.17) is 0 Å². The van der Waals surface area contributed by atoms with Crippen LogP contribution in [0, 0.1) is 0 Å². The van der Waals surface area contributed by atoms with Crippen LogP contribution in [0.4, 0.5) is 22.0 Å². The number of hydrogen-bond donors (Lipinski definition) is 2. The van der Waals surface area contributed by atoms with Crippen LogP contribution in [0.2, 0.25) is 0 Å². The van der Waals surface area contributed by atoms with Crippen molar-refractivity contribution in [2.24, 2.45) is 0 Å². The van der Waals surface area contributed by atoms with Crippen LogP contribution in [0.15, 0.2) is 24.3 Å². The fraction of sp³-hybridized carbons (Fsp3) is 0.381. The van der Waals surface area contributed by atoms with E-state index in [1.807, 2.05) is 17.2 Å². The number of aromatic nitrogens is 7. The second kappa shape index (κ2) is 9.95. The average Bonchev–Trinajstić information content (AvgIpc) is 3.56. The maximum absolute atomic E-state index is 13.0. The zero-order valence-electron chi connectivity index (χ0n) is 18.0. The molecule has 180 valence electrons. The van der Waals surface area contributed by atoms with Gasteiger partial charge >= 0.3 is 6.18 Å². The van der Waals surface area contributed by atoms with Crippen LogP contribution in [0.25, 0.3) is 33.7 Å². The molecular formula is C21H20F5N7S. The van der Waals surface area contributed by atoms with E-state index in [1.54, 1.807) is 0 Å². The lowest BCUT2D eigenvalue weighted by molar-refractivity contribution is -0.141. The summed E-state index contributed by atoms with van der Waals surface area (Å²) in [6, 6.07) is 5.65. The number of H-pyrrole nitrogens is 2. The molecule has 0 aliphatic carbocycles. The summed E-state index contributed by atoms with van der Waals surface area (Å²) in [6.45, 7) is 2.14. The lowest BCUT2D eigenvalue weighted by atomic mass is 10.1. The van der Waals surface area contributed by atoms with Crippen LogP contribution in [0.5, 0.6) is 0 Å². The molecule has 4 rings (SSSR count). The predicted octanol–water partition coefficient (Wildman–Crippen LogP) is 6.46. The molecule has 4 aromatic heterocycles. The van der Waals surface area contributed by atoms with Crippen LogP contribution in [0.1, 0.15) is 55.3 Å². The normalized spacial score (nSPS) is 12.1. The summed E-state index contributed by atoms with van der Waals surface area (Å²) in [4.78, 5) is 14.6. The molecule has 0 bridgehead atoms. The molecule has 0 aromatic carbocycles. The second-order valence-corrected chi connectivity index (χ2v) is 8.73. The number of unbranched alkanes of at least 4 members (excludes halogenated alkanes) is 3. The third-order valence-electron chi connectivity index (χ3n) is 4.97. The topological polar surface area (TPSA) is 96.0 Å². The number of nitrogens with one attached hydrogen (secondary N) is 2. The van der Waals surface area contributed by atoms with E-state index in [0.717, 1.165) is 49.1 Å². The average molecular weight is 497 g/mol. The summed E-state index contributed by atoms with van der Waals surface area (Å²) < 4.78 is 65.1. The first kappa shape index (κ1) is 23.9. The Hall–Kier alpha value is -3.22. The van der Waals surface area contributed by atoms with Crippen LogP contribution < -0.4 is 0 Å². The molecular weight excluding hydrogens is 477 g/mol. The zero-order valence-corrected chi connectivity index (χ0v) is 18.8. The van der Waals surface area contributed by atoms with Crippen LogP contribution in [-0.4, -0.2) is 35.3 Å². The molecule has 0 atom stereocenters. The van der Waals surface area contributed by atoms with Gasteiger partial charge in [-0.25, -0.2) is 23.7 Å². The van der Waals surface area contributed by atoms with Crippen LogP contribution >= 0.6 is 11.3 Å². The van der Waals surface area contributed by atoms with Crippen molar-refractivity contribution in [2.45, 2.75) is 51.6 Å².